The summed E-state index contributed by atoms with van der Waals surface area (Å²) in [6, 6.07) is 1.50. The molecule has 0 aliphatic heterocycles. The number of halogens is 1. The molecule has 0 aliphatic carbocycles. The summed E-state index contributed by atoms with van der Waals surface area (Å²) in [4.78, 5) is 3.65. The lowest BCUT2D eigenvalue weighted by Gasteiger charge is -2.01. The van der Waals surface area contributed by atoms with Crippen molar-refractivity contribution < 1.29 is 0 Å². The summed E-state index contributed by atoms with van der Waals surface area (Å²) in [6.45, 7) is 0. The van der Waals surface area contributed by atoms with Crippen LogP contribution in [0.2, 0.25) is 5.15 Å². The minimum absolute atomic E-state index is 0.0602. The van der Waals surface area contributed by atoms with Crippen LogP contribution in [-0.4, -0.2) is 9.55 Å². The van der Waals surface area contributed by atoms with Gasteiger partial charge in [-0.2, -0.15) is 0 Å². The molecule has 0 unspecified atom stereocenters. The van der Waals surface area contributed by atoms with Gasteiger partial charge in [-0.1, -0.05) is 11.6 Å². The van der Waals surface area contributed by atoms with Gasteiger partial charge in [0.25, 0.3) is 0 Å². The number of rotatable bonds is 0. The van der Waals surface area contributed by atoms with Crippen LogP contribution in [0, 0.1) is 5.41 Å². The molecule has 0 bridgehead atoms. The maximum absolute atomic E-state index is 7.19. The molecule has 0 atom stereocenters. The Kier molecular flexibility index (Phi) is 1.63. The molecule has 3 N–H and O–H groups in total. The summed E-state index contributed by atoms with van der Waals surface area (Å²) >= 11 is 5.50. The zero-order valence-corrected chi connectivity index (χ0v) is 6.18. The summed E-state index contributed by atoms with van der Waals surface area (Å²) in [6.07, 6.45) is 0. The Labute approximate surface area is 62.8 Å². The zero-order valence-electron chi connectivity index (χ0n) is 5.43. The zero-order chi connectivity index (χ0) is 7.72. The number of nitrogens with two attached hydrogens (primary N) is 1. The maximum atomic E-state index is 7.19. The average Bonchev–Trinajstić information content (AvgIpc) is 1.82. The lowest BCUT2D eigenvalue weighted by atomic mass is 10.6. The van der Waals surface area contributed by atoms with Gasteiger partial charge in [-0.25, -0.2) is 4.98 Å². The molecule has 0 aliphatic rings. The SMILES string of the molecule is Cn1c(N)cc(Cl)nc1=N. The minimum atomic E-state index is 0.0602. The van der Waals surface area contributed by atoms with E-state index in [1.54, 1.807) is 7.05 Å². The molecule has 0 saturated heterocycles. The van der Waals surface area contributed by atoms with E-state index in [2.05, 4.69) is 4.98 Å². The van der Waals surface area contributed by atoms with Crippen molar-refractivity contribution in [2.24, 2.45) is 7.05 Å². The number of nitrogens with one attached hydrogen (secondary N) is 1. The van der Waals surface area contributed by atoms with E-state index in [0.717, 1.165) is 0 Å². The number of aromatic nitrogens is 2. The monoisotopic (exact) mass is 158 g/mol. The molecule has 1 aromatic heterocycles. The molecule has 10 heavy (non-hydrogen) atoms. The fourth-order valence-corrected chi connectivity index (χ4v) is 0.741. The predicted octanol–water partition coefficient (Wildman–Crippen LogP) is 0.135. The first-order valence-corrected chi connectivity index (χ1v) is 3.02. The molecular formula is C5H7ClN4. The van der Waals surface area contributed by atoms with E-state index in [9.17, 15) is 0 Å². The predicted molar refractivity (Wildman–Crippen MR) is 38.5 cm³/mol. The van der Waals surface area contributed by atoms with Crippen LogP contribution in [0.4, 0.5) is 5.82 Å². The molecule has 1 heterocycles. The third kappa shape index (κ3) is 1.11. The van der Waals surface area contributed by atoms with Gasteiger partial charge >= 0.3 is 0 Å². The molecule has 1 aromatic rings. The second kappa shape index (κ2) is 2.30. The lowest BCUT2D eigenvalue weighted by molar-refractivity contribution is 0.775. The number of nitrogen functional groups attached to an aromatic ring is 1. The fourth-order valence-electron chi connectivity index (χ4n) is 0.550. The van der Waals surface area contributed by atoms with Crippen molar-refractivity contribution in [3.05, 3.63) is 16.8 Å². The quantitative estimate of drug-likeness (QED) is 0.528. The van der Waals surface area contributed by atoms with Crippen molar-refractivity contribution in [2.45, 2.75) is 0 Å². The molecule has 0 amide bonds. The molecule has 0 saturated carbocycles. The largest absolute Gasteiger partial charge is 0.385 e. The van der Waals surface area contributed by atoms with Crippen LogP contribution in [-0.2, 0) is 7.05 Å². The van der Waals surface area contributed by atoms with E-state index in [0.29, 0.717) is 5.82 Å². The van der Waals surface area contributed by atoms with Gasteiger partial charge < -0.3 is 10.3 Å². The Morgan fingerprint density at radius 1 is 1.80 bits per heavy atom. The third-order valence-electron chi connectivity index (χ3n) is 1.18. The summed E-state index contributed by atoms with van der Waals surface area (Å²) in [5.41, 5.74) is 5.50. The molecule has 5 heteroatoms. The van der Waals surface area contributed by atoms with Gasteiger partial charge in [0.15, 0.2) is 0 Å². The van der Waals surface area contributed by atoms with Crippen LogP contribution in [0.5, 0.6) is 0 Å². The van der Waals surface area contributed by atoms with Gasteiger partial charge in [0.2, 0.25) is 5.62 Å². The highest BCUT2D eigenvalue weighted by molar-refractivity contribution is 6.29. The smallest absolute Gasteiger partial charge is 0.224 e. The molecule has 0 aromatic carbocycles. The molecular weight excluding hydrogens is 152 g/mol. The molecule has 1 rings (SSSR count). The van der Waals surface area contributed by atoms with Crippen molar-refractivity contribution >= 4 is 17.4 Å². The highest BCUT2D eigenvalue weighted by Crippen LogP contribution is 2.03. The van der Waals surface area contributed by atoms with Crippen LogP contribution < -0.4 is 11.4 Å². The van der Waals surface area contributed by atoms with Gasteiger partial charge in [0.05, 0.1) is 0 Å². The molecule has 0 spiro atoms. The van der Waals surface area contributed by atoms with Crippen LogP contribution in [0.25, 0.3) is 0 Å². The highest BCUT2D eigenvalue weighted by atomic mass is 35.5. The summed E-state index contributed by atoms with van der Waals surface area (Å²) in [5, 5.41) is 7.44. The summed E-state index contributed by atoms with van der Waals surface area (Å²) in [7, 11) is 1.65. The summed E-state index contributed by atoms with van der Waals surface area (Å²) in [5.74, 6) is 0.435. The lowest BCUT2D eigenvalue weighted by Crippen LogP contribution is -2.22. The molecule has 0 radical (unpaired) electrons. The Hall–Kier alpha value is -1.03. The van der Waals surface area contributed by atoms with E-state index in [4.69, 9.17) is 22.7 Å². The van der Waals surface area contributed by atoms with Crippen molar-refractivity contribution in [3.8, 4) is 0 Å². The van der Waals surface area contributed by atoms with Crippen LogP contribution in [0.1, 0.15) is 0 Å². The first kappa shape index (κ1) is 7.08. The molecule has 4 nitrogen and oxygen atoms in total. The first-order valence-electron chi connectivity index (χ1n) is 2.65. The van der Waals surface area contributed by atoms with Crippen LogP contribution in [0.15, 0.2) is 6.07 Å². The van der Waals surface area contributed by atoms with Gasteiger partial charge in [0.1, 0.15) is 11.0 Å². The van der Waals surface area contributed by atoms with Crippen LogP contribution in [0.3, 0.4) is 0 Å². The van der Waals surface area contributed by atoms with Crippen molar-refractivity contribution in [1.82, 2.24) is 9.55 Å². The van der Waals surface area contributed by atoms with Crippen molar-refractivity contribution in [2.75, 3.05) is 5.73 Å². The van der Waals surface area contributed by atoms with Crippen LogP contribution >= 0.6 is 11.6 Å². The van der Waals surface area contributed by atoms with E-state index < -0.39 is 0 Å². The normalized spacial score (nSPS) is 9.80. The minimum Gasteiger partial charge on any atom is -0.385 e. The van der Waals surface area contributed by atoms with Gasteiger partial charge in [-0.05, 0) is 0 Å². The van der Waals surface area contributed by atoms with Crippen molar-refractivity contribution in [3.63, 3.8) is 0 Å². The molecule has 54 valence electrons. The van der Waals surface area contributed by atoms with E-state index in [-0.39, 0.29) is 10.8 Å². The number of anilines is 1. The maximum Gasteiger partial charge on any atom is 0.224 e. The topological polar surface area (TPSA) is 67.7 Å². The van der Waals surface area contributed by atoms with Crippen molar-refractivity contribution in [1.29, 1.82) is 5.41 Å². The standard InChI is InChI=1S/C5H7ClN4/c1-10-4(7)2-3(6)9-5(10)8/h2,8H,7H2,1H3. The summed E-state index contributed by atoms with van der Waals surface area (Å²) < 4.78 is 1.44. The third-order valence-corrected chi connectivity index (χ3v) is 1.38. The highest BCUT2D eigenvalue weighted by Gasteiger charge is 1.95. The first-order chi connectivity index (χ1) is 4.61. The average molecular weight is 159 g/mol. The Bertz CT molecular complexity index is 303. The second-order valence-electron chi connectivity index (χ2n) is 1.89. The van der Waals surface area contributed by atoms with E-state index in [1.807, 2.05) is 0 Å². The van der Waals surface area contributed by atoms with E-state index >= 15 is 0 Å². The number of nitrogens with zero attached hydrogens (tertiary/aromatic N) is 2. The Balaban J connectivity index is 3.46. The molecule has 0 fully saturated rings. The fraction of sp³-hybridized carbons (Fsp3) is 0.200. The number of hydrogen-bond donors (Lipinski definition) is 2. The Morgan fingerprint density at radius 3 is 2.90 bits per heavy atom. The second-order valence-corrected chi connectivity index (χ2v) is 2.27. The number of hydrogen-bond acceptors (Lipinski definition) is 3. The van der Waals surface area contributed by atoms with Gasteiger partial charge in [0, 0.05) is 13.1 Å². The van der Waals surface area contributed by atoms with Gasteiger partial charge in [-0.15, -0.1) is 0 Å². The Morgan fingerprint density at radius 2 is 2.40 bits per heavy atom. The van der Waals surface area contributed by atoms with Gasteiger partial charge in [-0.3, -0.25) is 5.41 Å². The van der Waals surface area contributed by atoms with E-state index in [1.165, 1.54) is 10.6 Å².